The van der Waals surface area contributed by atoms with Crippen molar-refractivity contribution in [2.45, 2.75) is 23.1 Å². The number of amides is 1. The van der Waals surface area contributed by atoms with Gasteiger partial charge in [-0.3, -0.25) is 4.79 Å². The van der Waals surface area contributed by atoms with Crippen LogP contribution in [0.4, 0.5) is 0 Å². The van der Waals surface area contributed by atoms with Crippen molar-refractivity contribution in [3.63, 3.8) is 0 Å². The Labute approximate surface area is 127 Å². The molecule has 9 heteroatoms. The van der Waals surface area contributed by atoms with Gasteiger partial charge in [0, 0.05) is 26.1 Å². The predicted molar refractivity (Wildman–Crippen MR) is 81.2 cm³/mol. The van der Waals surface area contributed by atoms with Crippen molar-refractivity contribution >= 4 is 44.5 Å². The van der Waals surface area contributed by atoms with Crippen molar-refractivity contribution in [1.82, 2.24) is 9.62 Å². The molecular formula is C11H15N3O3S3. The lowest BCUT2D eigenvalue weighted by molar-refractivity contribution is -0.132. The molecule has 1 amide bonds. The van der Waals surface area contributed by atoms with Gasteiger partial charge in [0.1, 0.15) is 9.20 Å². The van der Waals surface area contributed by atoms with E-state index in [1.807, 2.05) is 0 Å². The van der Waals surface area contributed by atoms with Crippen LogP contribution in [0, 0.1) is 0 Å². The number of nitrogens with one attached hydrogen (secondary N) is 1. The minimum absolute atomic E-state index is 0.0346. The summed E-state index contributed by atoms with van der Waals surface area (Å²) in [6.45, 7) is 0.381. The fourth-order valence-electron chi connectivity index (χ4n) is 1.98. The second-order valence-corrected chi connectivity index (χ2v) is 8.08. The summed E-state index contributed by atoms with van der Waals surface area (Å²) in [7, 11) is -1.93. The standard InChI is InChI=1S/C11H15N3O3S3/c1-14-6-7(2-4-9(14)15)13-20(16,17)10-5-3-8(19-10)11(12)18/h3,5,7,13H,2,4,6H2,1H3,(H2,12,18). The molecule has 2 heterocycles. The number of hydrogen-bond acceptors (Lipinski definition) is 5. The van der Waals surface area contributed by atoms with Crippen molar-refractivity contribution in [3.05, 3.63) is 17.0 Å². The van der Waals surface area contributed by atoms with Crippen LogP contribution in [0.25, 0.3) is 0 Å². The van der Waals surface area contributed by atoms with E-state index in [1.54, 1.807) is 13.1 Å². The monoisotopic (exact) mass is 333 g/mol. The van der Waals surface area contributed by atoms with E-state index in [-0.39, 0.29) is 21.1 Å². The van der Waals surface area contributed by atoms with Crippen LogP contribution in [-0.4, -0.2) is 43.8 Å². The van der Waals surface area contributed by atoms with Gasteiger partial charge < -0.3 is 10.6 Å². The third-order valence-electron chi connectivity index (χ3n) is 3.04. The fourth-order valence-corrected chi connectivity index (χ4v) is 4.61. The minimum atomic E-state index is -3.60. The van der Waals surface area contributed by atoms with Crippen LogP contribution < -0.4 is 10.5 Å². The molecule has 1 unspecified atom stereocenters. The molecule has 1 fully saturated rings. The molecule has 2 rings (SSSR count). The van der Waals surface area contributed by atoms with Gasteiger partial charge in [0.05, 0.1) is 4.88 Å². The van der Waals surface area contributed by atoms with E-state index < -0.39 is 10.0 Å². The van der Waals surface area contributed by atoms with E-state index >= 15 is 0 Å². The topological polar surface area (TPSA) is 92.5 Å². The highest BCUT2D eigenvalue weighted by atomic mass is 32.2. The zero-order valence-corrected chi connectivity index (χ0v) is 13.3. The number of nitrogens with zero attached hydrogens (tertiary/aromatic N) is 1. The first-order chi connectivity index (χ1) is 9.29. The number of rotatable bonds is 4. The Kier molecular flexibility index (Phi) is 4.43. The molecule has 20 heavy (non-hydrogen) atoms. The average molecular weight is 333 g/mol. The summed E-state index contributed by atoms with van der Waals surface area (Å²) < 4.78 is 27.3. The maximum atomic E-state index is 12.2. The van der Waals surface area contributed by atoms with Crippen molar-refractivity contribution in [3.8, 4) is 0 Å². The zero-order chi connectivity index (χ0) is 14.9. The van der Waals surface area contributed by atoms with Gasteiger partial charge in [-0.15, -0.1) is 11.3 Å². The highest BCUT2D eigenvalue weighted by Gasteiger charge is 2.28. The zero-order valence-electron chi connectivity index (χ0n) is 10.8. The molecule has 3 N–H and O–H groups in total. The number of piperidine rings is 1. The Hall–Kier alpha value is -1.03. The second kappa shape index (κ2) is 5.76. The number of carbonyl (C=O) groups is 1. The Morgan fingerprint density at radius 1 is 1.55 bits per heavy atom. The highest BCUT2D eigenvalue weighted by Crippen LogP contribution is 2.22. The van der Waals surface area contributed by atoms with Gasteiger partial charge in [0.15, 0.2) is 0 Å². The molecule has 0 bridgehead atoms. The Bertz CT molecular complexity index is 638. The van der Waals surface area contributed by atoms with Crippen LogP contribution in [0.3, 0.4) is 0 Å². The molecule has 0 saturated carbocycles. The molecule has 1 aliphatic heterocycles. The lowest BCUT2D eigenvalue weighted by atomic mass is 10.1. The van der Waals surface area contributed by atoms with Crippen molar-refractivity contribution in [2.24, 2.45) is 5.73 Å². The second-order valence-electron chi connectivity index (χ2n) is 4.61. The van der Waals surface area contributed by atoms with Crippen molar-refractivity contribution in [1.29, 1.82) is 0 Å². The molecule has 1 aromatic heterocycles. The molecule has 1 saturated heterocycles. The molecule has 0 aromatic carbocycles. The molecule has 110 valence electrons. The van der Waals surface area contributed by atoms with Gasteiger partial charge in [-0.1, -0.05) is 12.2 Å². The molecule has 0 spiro atoms. The summed E-state index contributed by atoms with van der Waals surface area (Å²) in [5, 5.41) is 0. The molecule has 0 radical (unpaired) electrons. The molecule has 6 nitrogen and oxygen atoms in total. The maximum Gasteiger partial charge on any atom is 0.250 e. The predicted octanol–water partition coefficient (Wildman–Crippen LogP) is 0.281. The summed E-state index contributed by atoms with van der Waals surface area (Å²) in [6.07, 6.45) is 0.863. The minimum Gasteiger partial charge on any atom is -0.389 e. The first kappa shape index (κ1) is 15.4. The Balaban J connectivity index is 2.11. The number of sulfonamides is 1. The van der Waals surface area contributed by atoms with Crippen LogP contribution in [0.15, 0.2) is 16.3 Å². The summed E-state index contributed by atoms with van der Waals surface area (Å²) in [5.41, 5.74) is 5.47. The number of carbonyl (C=O) groups excluding carboxylic acids is 1. The van der Waals surface area contributed by atoms with Crippen LogP contribution in [0.5, 0.6) is 0 Å². The third-order valence-corrected chi connectivity index (χ3v) is 6.52. The maximum absolute atomic E-state index is 12.2. The Morgan fingerprint density at radius 2 is 2.25 bits per heavy atom. The summed E-state index contributed by atoms with van der Waals surface area (Å²) in [5.74, 6) is 0.0346. The number of hydrogen-bond donors (Lipinski definition) is 2. The Morgan fingerprint density at radius 3 is 2.80 bits per heavy atom. The van der Waals surface area contributed by atoms with E-state index in [2.05, 4.69) is 4.72 Å². The van der Waals surface area contributed by atoms with Gasteiger partial charge in [-0.25, -0.2) is 13.1 Å². The number of thiophene rings is 1. The number of thiocarbonyl (C=S) groups is 1. The van der Waals surface area contributed by atoms with Crippen LogP contribution >= 0.6 is 23.6 Å². The number of nitrogens with two attached hydrogens (primary N) is 1. The summed E-state index contributed by atoms with van der Waals surface area (Å²) in [6, 6.07) is 2.81. The van der Waals surface area contributed by atoms with Gasteiger partial charge in [0.25, 0.3) is 0 Å². The average Bonchev–Trinajstić information content (AvgIpc) is 2.84. The fraction of sp³-hybridized carbons (Fsp3) is 0.455. The highest BCUT2D eigenvalue weighted by molar-refractivity contribution is 7.91. The quantitative estimate of drug-likeness (QED) is 0.772. The number of likely N-dealkylation sites (tertiary alicyclic amines) is 1. The summed E-state index contributed by atoms with van der Waals surface area (Å²) >= 11 is 5.86. The van der Waals surface area contributed by atoms with Crippen LogP contribution in [0.1, 0.15) is 17.7 Å². The van der Waals surface area contributed by atoms with E-state index in [0.29, 0.717) is 24.3 Å². The van der Waals surface area contributed by atoms with E-state index in [4.69, 9.17) is 18.0 Å². The van der Waals surface area contributed by atoms with Gasteiger partial charge in [-0.2, -0.15) is 0 Å². The van der Waals surface area contributed by atoms with E-state index in [9.17, 15) is 13.2 Å². The SMILES string of the molecule is CN1CC(NS(=O)(=O)c2ccc(C(N)=S)s2)CCC1=O. The normalized spacial score (nSPS) is 20.1. The lowest BCUT2D eigenvalue weighted by Crippen LogP contribution is -2.48. The first-order valence-corrected chi connectivity index (χ1v) is 8.66. The molecule has 1 atom stereocenters. The van der Waals surface area contributed by atoms with Crippen LogP contribution in [-0.2, 0) is 14.8 Å². The van der Waals surface area contributed by atoms with E-state index in [1.165, 1.54) is 11.0 Å². The smallest absolute Gasteiger partial charge is 0.250 e. The third kappa shape index (κ3) is 3.35. The van der Waals surface area contributed by atoms with Gasteiger partial charge >= 0.3 is 0 Å². The largest absolute Gasteiger partial charge is 0.389 e. The van der Waals surface area contributed by atoms with Crippen molar-refractivity contribution in [2.75, 3.05) is 13.6 Å². The molecular weight excluding hydrogens is 318 g/mol. The number of likely N-dealkylation sites (N-methyl/N-ethyl adjacent to an activating group) is 1. The van der Waals surface area contributed by atoms with Gasteiger partial charge in [-0.05, 0) is 18.6 Å². The van der Waals surface area contributed by atoms with E-state index in [0.717, 1.165) is 11.3 Å². The lowest BCUT2D eigenvalue weighted by Gasteiger charge is -2.29. The van der Waals surface area contributed by atoms with Crippen LogP contribution in [0.2, 0.25) is 0 Å². The molecule has 1 aliphatic rings. The molecule has 0 aliphatic carbocycles. The summed E-state index contributed by atoms with van der Waals surface area (Å²) in [4.78, 5) is 13.7. The molecule has 1 aromatic rings. The van der Waals surface area contributed by atoms with Crippen molar-refractivity contribution < 1.29 is 13.2 Å². The van der Waals surface area contributed by atoms with Gasteiger partial charge in [0.2, 0.25) is 15.9 Å². The first-order valence-electron chi connectivity index (χ1n) is 5.95.